The molecule has 0 radical (unpaired) electrons. The first-order chi connectivity index (χ1) is 6.81. The van der Waals surface area contributed by atoms with E-state index in [4.69, 9.17) is 5.73 Å². The van der Waals surface area contributed by atoms with Crippen molar-refractivity contribution < 1.29 is 0 Å². The van der Waals surface area contributed by atoms with Gasteiger partial charge in [0.05, 0.1) is 0 Å². The fraction of sp³-hybridized carbons (Fsp3) is 1.00. The quantitative estimate of drug-likeness (QED) is 0.418. The summed E-state index contributed by atoms with van der Waals surface area (Å²) < 4.78 is 0. The zero-order valence-corrected chi connectivity index (χ0v) is 9.89. The maximum Gasteiger partial charge on any atom is 0.0102 e. The van der Waals surface area contributed by atoms with Gasteiger partial charge in [0.15, 0.2) is 0 Å². The summed E-state index contributed by atoms with van der Waals surface area (Å²) >= 11 is 0. The Labute approximate surface area is 89.0 Å². The Balaban J connectivity index is 2.92. The molecule has 14 heavy (non-hydrogen) atoms. The maximum absolute atomic E-state index is 5.42. The molecule has 0 aromatic rings. The number of nitrogens with one attached hydrogen (secondary N) is 1. The molecule has 0 rings (SSSR count). The van der Waals surface area contributed by atoms with Crippen LogP contribution in [0.2, 0.25) is 0 Å². The summed E-state index contributed by atoms with van der Waals surface area (Å²) in [5.74, 6) is 0. The Morgan fingerprint density at radius 2 is 1.57 bits per heavy atom. The van der Waals surface area contributed by atoms with Crippen molar-refractivity contribution in [2.24, 2.45) is 5.73 Å². The van der Waals surface area contributed by atoms with Gasteiger partial charge in [0, 0.05) is 20.1 Å². The molecule has 0 aromatic carbocycles. The smallest absolute Gasteiger partial charge is 0.0102 e. The highest BCUT2D eigenvalue weighted by Gasteiger charge is 1.93. The first-order valence-electron chi connectivity index (χ1n) is 5.96. The van der Waals surface area contributed by atoms with Crippen molar-refractivity contribution in [2.75, 3.05) is 26.7 Å². The van der Waals surface area contributed by atoms with Gasteiger partial charge in [0.1, 0.15) is 0 Å². The Kier molecular flexibility index (Phi) is 10.9. The Morgan fingerprint density at radius 3 is 2.14 bits per heavy atom. The number of nitrogens with zero attached hydrogens (tertiary/aromatic N) is 1. The second-order valence-electron chi connectivity index (χ2n) is 3.83. The van der Waals surface area contributed by atoms with Crippen LogP contribution in [0.3, 0.4) is 0 Å². The van der Waals surface area contributed by atoms with E-state index in [-0.39, 0.29) is 0 Å². The van der Waals surface area contributed by atoms with Gasteiger partial charge < -0.3 is 5.73 Å². The molecule has 0 saturated heterocycles. The van der Waals surface area contributed by atoms with E-state index in [1.807, 2.05) is 0 Å². The van der Waals surface area contributed by atoms with Crippen LogP contribution in [0.25, 0.3) is 0 Å². The van der Waals surface area contributed by atoms with Crippen LogP contribution in [0.4, 0.5) is 0 Å². The van der Waals surface area contributed by atoms with Crippen LogP contribution in [0, 0.1) is 0 Å². The van der Waals surface area contributed by atoms with E-state index < -0.39 is 0 Å². The summed E-state index contributed by atoms with van der Waals surface area (Å²) in [6.45, 7) is 5.18. The van der Waals surface area contributed by atoms with Crippen molar-refractivity contribution in [2.45, 2.75) is 45.4 Å². The minimum absolute atomic E-state index is 0.850. The van der Waals surface area contributed by atoms with Crippen molar-refractivity contribution in [1.82, 2.24) is 10.4 Å². The summed E-state index contributed by atoms with van der Waals surface area (Å²) in [6, 6.07) is 0. The van der Waals surface area contributed by atoms with Gasteiger partial charge in [0.25, 0.3) is 0 Å². The third kappa shape index (κ3) is 9.96. The van der Waals surface area contributed by atoms with E-state index in [1.54, 1.807) is 0 Å². The zero-order chi connectivity index (χ0) is 10.6. The standard InChI is InChI=1S/C11H27N3/c1-3-14(2)13-11-9-7-5-4-6-8-10-12/h13H,3-12H2,1-2H3. The molecule has 0 fully saturated rings. The van der Waals surface area contributed by atoms with E-state index in [9.17, 15) is 0 Å². The predicted octanol–water partition coefficient (Wildman–Crippen LogP) is 1.74. The van der Waals surface area contributed by atoms with Crippen molar-refractivity contribution in [1.29, 1.82) is 0 Å². The van der Waals surface area contributed by atoms with Crippen LogP contribution in [-0.4, -0.2) is 31.7 Å². The molecule has 0 atom stereocenters. The average Bonchev–Trinajstić information content (AvgIpc) is 2.21. The van der Waals surface area contributed by atoms with Crippen molar-refractivity contribution in [3.05, 3.63) is 0 Å². The highest BCUT2D eigenvalue weighted by atomic mass is 15.5. The SMILES string of the molecule is CCN(C)NCCCCCCCCN. The number of nitrogens with two attached hydrogens (primary N) is 1. The lowest BCUT2D eigenvalue weighted by Gasteiger charge is -2.15. The van der Waals surface area contributed by atoms with Gasteiger partial charge >= 0.3 is 0 Å². The summed E-state index contributed by atoms with van der Waals surface area (Å²) in [4.78, 5) is 0. The fourth-order valence-electron chi connectivity index (χ4n) is 1.36. The van der Waals surface area contributed by atoms with Crippen LogP contribution < -0.4 is 11.2 Å². The molecule has 3 nitrogen and oxygen atoms in total. The van der Waals surface area contributed by atoms with Crippen LogP contribution in [0.1, 0.15) is 45.4 Å². The first kappa shape index (κ1) is 13.9. The molecule has 0 spiro atoms. The maximum atomic E-state index is 5.42. The molecule has 3 N–H and O–H groups in total. The van der Waals surface area contributed by atoms with E-state index in [0.717, 1.165) is 19.6 Å². The number of hydrogen-bond donors (Lipinski definition) is 2. The normalized spacial score (nSPS) is 11.1. The average molecular weight is 201 g/mol. The van der Waals surface area contributed by atoms with E-state index in [1.165, 1.54) is 38.5 Å². The minimum Gasteiger partial charge on any atom is -0.330 e. The summed E-state index contributed by atoms with van der Waals surface area (Å²) in [5, 5.41) is 2.13. The van der Waals surface area contributed by atoms with Gasteiger partial charge in [-0.1, -0.05) is 32.6 Å². The fourth-order valence-corrected chi connectivity index (χ4v) is 1.36. The molecule has 0 unspecified atom stereocenters. The number of hydrazine groups is 1. The predicted molar refractivity (Wildman–Crippen MR) is 63.1 cm³/mol. The molecular formula is C11H27N3. The van der Waals surface area contributed by atoms with Crippen LogP contribution in [0.5, 0.6) is 0 Å². The molecule has 0 amide bonds. The highest BCUT2D eigenvalue weighted by Crippen LogP contribution is 2.03. The highest BCUT2D eigenvalue weighted by molar-refractivity contribution is 4.48. The lowest BCUT2D eigenvalue weighted by molar-refractivity contribution is 0.245. The van der Waals surface area contributed by atoms with Crippen molar-refractivity contribution in [3.63, 3.8) is 0 Å². The van der Waals surface area contributed by atoms with Gasteiger partial charge in [-0.05, 0) is 19.4 Å². The third-order valence-electron chi connectivity index (χ3n) is 2.49. The largest absolute Gasteiger partial charge is 0.330 e. The number of rotatable bonds is 10. The molecule has 0 heterocycles. The monoisotopic (exact) mass is 201 g/mol. The molecule has 0 saturated carbocycles. The molecule has 0 aliphatic heterocycles. The molecule has 3 heteroatoms. The Morgan fingerprint density at radius 1 is 1.00 bits per heavy atom. The van der Waals surface area contributed by atoms with E-state index in [2.05, 4.69) is 24.4 Å². The minimum atomic E-state index is 0.850. The number of unbranched alkanes of at least 4 members (excludes halogenated alkanes) is 5. The topological polar surface area (TPSA) is 41.3 Å². The van der Waals surface area contributed by atoms with Gasteiger partial charge in [-0.3, -0.25) is 5.43 Å². The summed E-state index contributed by atoms with van der Waals surface area (Å²) in [7, 11) is 2.08. The molecule has 0 bridgehead atoms. The Bertz CT molecular complexity index is 107. The van der Waals surface area contributed by atoms with Crippen LogP contribution in [-0.2, 0) is 0 Å². The zero-order valence-electron chi connectivity index (χ0n) is 9.89. The Hall–Kier alpha value is -0.120. The first-order valence-corrected chi connectivity index (χ1v) is 5.96. The summed E-state index contributed by atoms with van der Waals surface area (Å²) in [5.41, 5.74) is 8.77. The van der Waals surface area contributed by atoms with Gasteiger partial charge in [-0.25, -0.2) is 5.01 Å². The van der Waals surface area contributed by atoms with Crippen molar-refractivity contribution >= 4 is 0 Å². The molecule has 0 aliphatic carbocycles. The molecular weight excluding hydrogens is 174 g/mol. The second-order valence-corrected chi connectivity index (χ2v) is 3.83. The lowest BCUT2D eigenvalue weighted by Crippen LogP contribution is -2.34. The third-order valence-corrected chi connectivity index (χ3v) is 2.49. The van der Waals surface area contributed by atoms with Crippen LogP contribution >= 0.6 is 0 Å². The second kappa shape index (κ2) is 11.0. The molecule has 86 valence electrons. The van der Waals surface area contributed by atoms with Crippen LogP contribution in [0.15, 0.2) is 0 Å². The van der Waals surface area contributed by atoms with Crippen molar-refractivity contribution in [3.8, 4) is 0 Å². The molecule has 0 aliphatic rings. The van der Waals surface area contributed by atoms with Gasteiger partial charge in [-0.2, -0.15) is 0 Å². The van der Waals surface area contributed by atoms with Gasteiger partial charge in [0.2, 0.25) is 0 Å². The lowest BCUT2D eigenvalue weighted by atomic mass is 10.1. The van der Waals surface area contributed by atoms with E-state index in [0.29, 0.717) is 0 Å². The summed E-state index contributed by atoms with van der Waals surface area (Å²) in [6.07, 6.45) is 7.83. The van der Waals surface area contributed by atoms with Gasteiger partial charge in [-0.15, -0.1) is 0 Å². The van der Waals surface area contributed by atoms with E-state index >= 15 is 0 Å². The molecule has 0 aromatic heterocycles. The number of hydrogen-bond acceptors (Lipinski definition) is 3.